The van der Waals surface area contributed by atoms with Gasteiger partial charge in [-0.15, -0.1) is 0 Å². The summed E-state index contributed by atoms with van der Waals surface area (Å²) in [4.78, 5) is 12.3. The van der Waals surface area contributed by atoms with Gasteiger partial charge in [0.2, 0.25) is 0 Å². The Morgan fingerprint density at radius 1 is 1.53 bits per heavy atom. The number of fused-ring (bicyclic) bond motifs is 1. The van der Waals surface area contributed by atoms with Crippen LogP contribution in [0.5, 0.6) is 5.75 Å². The number of ether oxygens (including phenoxy) is 1. The van der Waals surface area contributed by atoms with E-state index in [1.54, 1.807) is 6.92 Å². The molecule has 104 valence electrons. The quantitative estimate of drug-likeness (QED) is 0.903. The average molecular weight is 282 g/mol. The summed E-state index contributed by atoms with van der Waals surface area (Å²) in [5, 5.41) is 0.654. The Morgan fingerprint density at radius 3 is 2.95 bits per heavy atom. The maximum atomic E-state index is 12.3. The Morgan fingerprint density at radius 2 is 2.26 bits per heavy atom. The first-order valence-electron chi connectivity index (χ1n) is 6.70. The molecule has 4 heteroatoms. The third-order valence-electron chi connectivity index (χ3n) is 3.58. The largest absolute Gasteiger partial charge is 0.493 e. The summed E-state index contributed by atoms with van der Waals surface area (Å²) in [6, 6.07) is 3.72. The lowest BCUT2D eigenvalue weighted by molar-refractivity contribution is -0.123. The SMILES string of the molecule is CCCC(C)(N)C(=O)Cc1cc(Cl)cc2c1OCC2. The van der Waals surface area contributed by atoms with E-state index in [1.807, 2.05) is 19.1 Å². The standard InChI is InChI=1S/C15H20ClNO2/c1-3-5-15(2,17)13(18)9-11-8-12(16)7-10-4-6-19-14(10)11/h7-8H,3-6,9,17H2,1-2H3. The van der Waals surface area contributed by atoms with Crippen molar-refractivity contribution < 1.29 is 9.53 Å². The zero-order valence-corrected chi connectivity index (χ0v) is 12.2. The highest BCUT2D eigenvalue weighted by Crippen LogP contribution is 2.33. The van der Waals surface area contributed by atoms with Crippen LogP contribution in [0.3, 0.4) is 0 Å². The molecule has 0 amide bonds. The van der Waals surface area contributed by atoms with Gasteiger partial charge in [-0.25, -0.2) is 0 Å². The molecule has 1 aliphatic rings. The van der Waals surface area contributed by atoms with Gasteiger partial charge in [-0.05, 0) is 31.0 Å². The van der Waals surface area contributed by atoms with Crippen LogP contribution in [-0.4, -0.2) is 17.9 Å². The topological polar surface area (TPSA) is 52.3 Å². The second kappa shape index (κ2) is 5.51. The molecule has 0 bridgehead atoms. The van der Waals surface area contributed by atoms with Crippen LogP contribution in [0.2, 0.25) is 5.02 Å². The maximum absolute atomic E-state index is 12.3. The fourth-order valence-corrected chi connectivity index (χ4v) is 2.77. The van der Waals surface area contributed by atoms with Crippen LogP contribution in [0.15, 0.2) is 12.1 Å². The third kappa shape index (κ3) is 3.10. The molecule has 1 aliphatic heterocycles. The Kier molecular flexibility index (Phi) is 4.16. The van der Waals surface area contributed by atoms with Gasteiger partial charge in [0.25, 0.3) is 0 Å². The second-order valence-corrected chi connectivity index (χ2v) is 5.86. The molecule has 3 nitrogen and oxygen atoms in total. The van der Waals surface area contributed by atoms with Crippen LogP contribution in [0, 0.1) is 0 Å². The van der Waals surface area contributed by atoms with Gasteiger partial charge in [-0.3, -0.25) is 4.79 Å². The normalized spacial score (nSPS) is 16.6. The number of hydrogen-bond acceptors (Lipinski definition) is 3. The number of halogens is 1. The predicted octanol–water partition coefficient (Wildman–Crippen LogP) is 2.90. The summed E-state index contributed by atoms with van der Waals surface area (Å²) in [5.74, 6) is 0.861. The van der Waals surface area contributed by atoms with Crippen molar-refractivity contribution in [2.75, 3.05) is 6.61 Å². The molecular formula is C15H20ClNO2. The van der Waals surface area contributed by atoms with Crippen LogP contribution in [0.25, 0.3) is 0 Å². The van der Waals surface area contributed by atoms with Crippen molar-refractivity contribution in [2.45, 2.75) is 45.1 Å². The summed E-state index contributed by atoms with van der Waals surface area (Å²) in [7, 11) is 0. The van der Waals surface area contributed by atoms with E-state index >= 15 is 0 Å². The number of benzene rings is 1. The summed E-state index contributed by atoms with van der Waals surface area (Å²) in [5.41, 5.74) is 7.25. The van der Waals surface area contributed by atoms with Gasteiger partial charge in [-0.1, -0.05) is 24.9 Å². The van der Waals surface area contributed by atoms with Crippen molar-refractivity contribution in [3.63, 3.8) is 0 Å². The van der Waals surface area contributed by atoms with Gasteiger partial charge < -0.3 is 10.5 Å². The van der Waals surface area contributed by atoms with E-state index in [4.69, 9.17) is 22.1 Å². The fourth-order valence-electron chi connectivity index (χ4n) is 2.51. The molecule has 1 aromatic rings. The first-order chi connectivity index (χ1) is 8.94. The molecule has 19 heavy (non-hydrogen) atoms. The highest BCUT2D eigenvalue weighted by Gasteiger charge is 2.29. The Bertz CT molecular complexity index is 497. The minimum Gasteiger partial charge on any atom is -0.493 e. The maximum Gasteiger partial charge on any atom is 0.156 e. The Hall–Kier alpha value is -1.06. The first kappa shape index (κ1) is 14.4. The van der Waals surface area contributed by atoms with Gasteiger partial charge in [0.15, 0.2) is 5.78 Å². The molecule has 1 atom stereocenters. The van der Waals surface area contributed by atoms with Crippen LogP contribution >= 0.6 is 11.6 Å². The summed E-state index contributed by atoms with van der Waals surface area (Å²) in [6.07, 6.45) is 2.72. The van der Waals surface area contributed by atoms with E-state index in [-0.39, 0.29) is 12.2 Å². The lowest BCUT2D eigenvalue weighted by atomic mass is 9.88. The molecule has 0 saturated heterocycles. The number of nitrogens with two attached hydrogens (primary N) is 1. The number of Topliss-reactive ketones (excluding diaryl/α,β-unsaturated/α-hetero) is 1. The zero-order valence-electron chi connectivity index (χ0n) is 11.5. The monoisotopic (exact) mass is 281 g/mol. The summed E-state index contributed by atoms with van der Waals surface area (Å²) in [6.45, 7) is 4.48. The number of hydrogen-bond donors (Lipinski definition) is 1. The highest BCUT2D eigenvalue weighted by atomic mass is 35.5. The molecule has 2 rings (SSSR count). The first-order valence-corrected chi connectivity index (χ1v) is 7.08. The van der Waals surface area contributed by atoms with Gasteiger partial charge in [0.05, 0.1) is 12.1 Å². The van der Waals surface area contributed by atoms with E-state index in [0.717, 1.165) is 29.7 Å². The number of rotatable bonds is 5. The molecule has 1 heterocycles. The number of ketones is 1. The summed E-state index contributed by atoms with van der Waals surface area (Å²) < 4.78 is 5.61. The van der Waals surface area contributed by atoms with Gasteiger partial charge in [-0.2, -0.15) is 0 Å². The Labute approximate surface area is 119 Å². The second-order valence-electron chi connectivity index (χ2n) is 5.42. The molecule has 1 aromatic carbocycles. The number of carbonyl (C=O) groups excluding carboxylic acids is 1. The fraction of sp³-hybridized carbons (Fsp3) is 0.533. The predicted molar refractivity (Wildman–Crippen MR) is 76.9 cm³/mol. The van der Waals surface area contributed by atoms with E-state index < -0.39 is 5.54 Å². The van der Waals surface area contributed by atoms with Crippen LogP contribution in [0.1, 0.15) is 37.8 Å². The van der Waals surface area contributed by atoms with Crippen molar-refractivity contribution in [2.24, 2.45) is 5.73 Å². The minimum atomic E-state index is -0.775. The zero-order chi connectivity index (χ0) is 14.0. The smallest absolute Gasteiger partial charge is 0.156 e. The van der Waals surface area contributed by atoms with Crippen LogP contribution < -0.4 is 10.5 Å². The molecule has 2 N–H and O–H groups in total. The molecule has 0 spiro atoms. The van der Waals surface area contributed by atoms with E-state index in [9.17, 15) is 4.79 Å². The third-order valence-corrected chi connectivity index (χ3v) is 3.80. The molecule has 0 fully saturated rings. The van der Waals surface area contributed by atoms with Crippen molar-refractivity contribution >= 4 is 17.4 Å². The van der Waals surface area contributed by atoms with Gasteiger partial charge in [0, 0.05) is 23.4 Å². The minimum absolute atomic E-state index is 0.0364. The van der Waals surface area contributed by atoms with E-state index in [2.05, 4.69) is 0 Å². The molecule has 1 unspecified atom stereocenters. The lowest BCUT2D eigenvalue weighted by Crippen LogP contribution is -2.45. The van der Waals surface area contributed by atoms with Gasteiger partial charge in [0.1, 0.15) is 5.75 Å². The van der Waals surface area contributed by atoms with Crippen molar-refractivity contribution in [1.29, 1.82) is 0 Å². The molecular weight excluding hydrogens is 262 g/mol. The Balaban J connectivity index is 2.22. The molecule has 0 aromatic heterocycles. The van der Waals surface area contributed by atoms with Crippen molar-refractivity contribution in [3.8, 4) is 5.75 Å². The molecule has 0 radical (unpaired) electrons. The number of carbonyl (C=O) groups is 1. The highest BCUT2D eigenvalue weighted by molar-refractivity contribution is 6.30. The van der Waals surface area contributed by atoms with Crippen LogP contribution in [-0.2, 0) is 17.6 Å². The van der Waals surface area contributed by atoms with Crippen LogP contribution in [0.4, 0.5) is 0 Å². The van der Waals surface area contributed by atoms with Crippen molar-refractivity contribution in [1.82, 2.24) is 0 Å². The van der Waals surface area contributed by atoms with E-state index in [0.29, 0.717) is 18.1 Å². The lowest BCUT2D eigenvalue weighted by Gasteiger charge is -2.22. The van der Waals surface area contributed by atoms with E-state index in [1.165, 1.54) is 0 Å². The molecule has 0 saturated carbocycles. The van der Waals surface area contributed by atoms with Crippen molar-refractivity contribution in [3.05, 3.63) is 28.3 Å². The summed E-state index contributed by atoms with van der Waals surface area (Å²) >= 11 is 6.09. The molecule has 0 aliphatic carbocycles. The average Bonchev–Trinajstić information content (AvgIpc) is 2.76. The van der Waals surface area contributed by atoms with Gasteiger partial charge >= 0.3 is 0 Å².